The number of hydrogen-bond donors (Lipinski definition) is 1. The number of piperazine rings is 1. The van der Waals surface area contributed by atoms with Gasteiger partial charge in [-0.05, 0) is 34.1 Å². The number of hydrogen-bond acceptors (Lipinski definition) is 7. The maximum Gasteiger partial charge on any atom is 0.513 e. The maximum atomic E-state index is 10.7. The van der Waals surface area contributed by atoms with E-state index in [9.17, 15) is 4.79 Å². The van der Waals surface area contributed by atoms with Crippen LogP contribution in [0.25, 0.3) is 11.0 Å². The van der Waals surface area contributed by atoms with Crippen molar-refractivity contribution in [2.75, 3.05) is 37.9 Å². The third-order valence-corrected chi connectivity index (χ3v) is 6.20. The summed E-state index contributed by atoms with van der Waals surface area (Å²) in [7, 11) is 0. The van der Waals surface area contributed by atoms with E-state index in [1.807, 2.05) is 24.3 Å². The fraction of sp³-hybridized carbons (Fsp3) is 0.286. The molecule has 1 N–H and O–H groups in total. The first-order valence-electron chi connectivity index (χ1n) is 9.56. The Labute approximate surface area is 180 Å². The largest absolute Gasteiger partial charge is 0.513 e. The van der Waals surface area contributed by atoms with E-state index < -0.39 is 6.16 Å². The van der Waals surface area contributed by atoms with Crippen LogP contribution in [0.15, 0.2) is 45.3 Å². The average molecular weight is 475 g/mol. The summed E-state index contributed by atoms with van der Waals surface area (Å²) in [5, 5.41) is 9.56. The summed E-state index contributed by atoms with van der Waals surface area (Å²) in [6.07, 6.45) is -1.40. The summed E-state index contributed by atoms with van der Waals surface area (Å²) < 4.78 is 22.0. The standard InChI is InChI=1S/C21H19BrN2O6/c22-19-14-10-18(30-21(25)26)29-16(14)5-4-15(19)24-8-6-23(7-9-24)11-13-2-1-3-17-20(13)28-12-27-17/h1-5,10H,6-9,11-12H2,(H,25,26). The molecule has 0 spiro atoms. The molecule has 0 radical (unpaired) electrons. The lowest BCUT2D eigenvalue weighted by Gasteiger charge is -2.36. The average Bonchev–Trinajstić information content (AvgIpc) is 3.36. The Bertz CT molecular complexity index is 1110. The van der Waals surface area contributed by atoms with Gasteiger partial charge < -0.3 is 28.6 Å². The van der Waals surface area contributed by atoms with Crippen LogP contribution in [-0.2, 0) is 6.54 Å². The van der Waals surface area contributed by atoms with Crippen LogP contribution in [0.1, 0.15) is 5.56 Å². The smallest absolute Gasteiger partial charge is 0.454 e. The first kappa shape index (κ1) is 19.1. The summed E-state index contributed by atoms with van der Waals surface area (Å²) in [4.78, 5) is 15.5. The Morgan fingerprint density at radius 3 is 2.77 bits per heavy atom. The third-order valence-electron chi connectivity index (χ3n) is 5.37. The zero-order chi connectivity index (χ0) is 20.7. The van der Waals surface area contributed by atoms with Crippen molar-refractivity contribution in [2.24, 2.45) is 0 Å². The minimum atomic E-state index is -1.40. The van der Waals surface area contributed by atoms with Crippen LogP contribution in [0.2, 0.25) is 0 Å². The van der Waals surface area contributed by atoms with Crippen LogP contribution in [-0.4, -0.2) is 49.1 Å². The molecule has 0 bridgehead atoms. The Morgan fingerprint density at radius 2 is 1.97 bits per heavy atom. The first-order chi connectivity index (χ1) is 14.6. The highest BCUT2D eigenvalue weighted by molar-refractivity contribution is 9.10. The van der Waals surface area contributed by atoms with Crippen molar-refractivity contribution in [1.82, 2.24) is 4.90 Å². The van der Waals surface area contributed by atoms with Crippen molar-refractivity contribution >= 4 is 38.7 Å². The van der Waals surface area contributed by atoms with E-state index in [-0.39, 0.29) is 12.7 Å². The molecule has 9 heteroatoms. The molecule has 30 heavy (non-hydrogen) atoms. The molecular formula is C21H19BrN2O6. The lowest BCUT2D eigenvalue weighted by molar-refractivity contribution is 0.134. The van der Waals surface area contributed by atoms with Crippen LogP contribution < -0.4 is 19.1 Å². The molecule has 3 heterocycles. The van der Waals surface area contributed by atoms with Gasteiger partial charge in [0.1, 0.15) is 5.58 Å². The lowest BCUT2D eigenvalue weighted by Crippen LogP contribution is -2.46. The number of carbonyl (C=O) groups is 1. The van der Waals surface area contributed by atoms with Gasteiger partial charge in [0.05, 0.1) is 10.2 Å². The van der Waals surface area contributed by atoms with Crippen molar-refractivity contribution in [1.29, 1.82) is 0 Å². The fourth-order valence-corrected chi connectivity index (χ4v) is 4.62. The summed E-state index contributed by atoms with van der Waals surface area (Å²) in [5.74, 6) is 1.63. The van der Waals surface area contributed by atoms with E-state index in [4.69, 9.17) is 19.0 Å². The van der Waals surface area contributed by atoms with Crippen LogP contribution in [0.3, 0.4) is 0 Å². The topological polar surface area (TPSA) is 84.6 Å². The number of furan rings is 1. The summed E-state index contributed by atoms with van der Waals surface area (Å²) in [6, 6.07) is 11.4. The van der Waals surface area contributed by atoms with Gasteiger partial charge in [0.25, 0.3) is 5.95 Å². The molecule has 1 saturated heterocycles. The van der Waals surface area contributed by atoms with Gasteiger partial charge in [-0.25, -0.2) is 4.79 Å². The number of carboxylic acid groups (broad SMARTS) is 1. The van der Waals surface area contributed by atoms with Gasteiger partial charge in [-0.1, -0.05) is 12.1 Å². The van der Waals surface area contributed by atoms with Crippen molar-refractivity contribution in [3.05, 3.63) is 46.4 Å². The molecule has 156 valence electrons. The van der Waals surface area contributed by atoms with Crippen molar-refractivity contribution in [3.63, 3.8) is 0 Å². The number of para-hydroxylation sites is 1. The Morgan fingerprint density at radius 1 is 1.13 bits per heavy atom. The van der Waals surface area contributed by atoms with E-state index in [2.05, 4.69) is 36.5 Å². The highest BCUT2D eigenvalue weighted by Crippen LogP contribution is 2.39. The Kier molecular flexibility index (Phi) is 4.92. The summed E-state index contributed by atoms with van der Waals surface area (Å²) in [6.45, 7) is 4.66. The molecule has 5 rings (SSSR count). The van der Waals surface area contributed by atoms with Crippen molar-refractivity contribution in [3.8, 4) is 17.4 Å². The summed E-state index contributed by atoms with van der Waals surface area (Å²) >= 11 is 3.65. The van der Waals surface area contributed by atoms with Gasteiger partial charge in [0.15, 0.2) is 11.5 Å². The third kappa shape index (κ3) is 3.54. The molecule has 1 aromatic heterocycles. The van der Waals surface area contributed by atoms with Gasteiger partial charge in [0.2, 0.25) is 6.79 Å². The molecule has 8 nitrogen and oxygen atoms in total. The molecule has 2 aliphatic rings. The molecule has 0 atom stereocenters. The zero-order valence-electron chi connectivity index (χ0n) is 16.0. The highest BCUT2D eigenvalue weighted by atomic mass is 79.9. The van der Waals surface area contributed by atoms with Gasteiger partial charge in [-0.3, -0.25) is 4.90 Å². The molecule has 0 saturated carbocycles. The van der Waals surface area contributed by atoms with Gasteiger partial charge in [0, 0.05) is 49.7 Å². The van der Waals surface area contributed by atoms with E-state index in [0.717, 1.165) is 65.3 Å². The van der Waals surface area contributed by atoms with Gasteiger partial charge in [-0.15, -0.1) is 0 Å². The molecule has 2 aromatic carbocycles. The second-order valence-electron chi connectivity index (χ2n) is 7.16. The molecule has 0 unspecified atom stereocenters. The number of fused-ring (bicyclic) bond motifs is 2. The summed E-state index contributed by atoms with van der Waals surface area (Å²) in [5.41, 5.74) is 2.76. The van der Waals surface area contributed by atoms with Crippen LogP contribution in [0.5, 0.6) is 17.4 Å². The second kappa shape index (κ2) is 7.73. The quantitative estimate of drug-likeness (QED) is 0.560. The first-order valence-corrected chi connectivity index (χ1v) is 10.4. The molecular weight excluding hydrogens is 456 g/mol. The van der Waals surface area contributed by atoms with Crippen molar-refractivity contribution < 1.29 is 28.5 Å². The molecule has 3 aromatic rings. The van der Waals surface area contributed by atoms with Crippen molar-refractivity contribution in [2.45, 2.75) is 6.54 Å². The van der Waals surface area contributed by atoms with Gasteiger partial charge in [-0.2, -0.15) is 0 Å². The zero-order valence-corrected chi connectivity index (χ0v) is 17.6. The normalized spacial score (nSPS) is 16.2. The minimum Gasteiger partial charge on any atom is -0.454 e. The molecule has 1 fully saturated rings. The number of nitrogens with zero attached hydrogens (tertiary/aromatic N) is 2. The predicted octanol–water partition coefficient (Wildman–Crippen LogP) is 4.30. The number of ether oxygens (including phenoxy) is 3. The number of benzene rings is 2. The van der Waals surface area contributed by atoms with Gasteiger partial charge >= 0.3 is 6.16 Å². The molecule has 0 amide bonds. The molecule has 0 aliphatic carbocycles. The number of halogens is 1. The van der Waals surface area contributed by atoms with E-state index >= 15 is 0 Å². The monoisotopic (exact) mass is 474 g/mol. The SMILES string of the molecule is O=C(O)Oc1cc2c(Br)c(N3CCN(Cc4cccc5c4OCO5)CC3)ccc2o1. The van der Waals surface area contributed by atoms with E-state index in [0.29, 0.717) is 5.58 Å². The predicted molar refractivity (Wildman–Crippen MR) is 113 cm³/mol. The van der Waals surface area contributed by atoms with Crippen LogP contribution >= 0.6 is 15.9 Å². The number of rotatable bonds is 4. The second-order valence-corrected chi connectivity index (χ2v) is 7.95. The van der Waals surface area contributed by atoms with Crippen LogP contribution in [0, 0.1) is 0 Å². The van der Waals surface area contributed by atoms with E-state index in [1.165, 1.54) is 0 Å². The maximum absolute atomic E-state index is 10.7. The molecule has 2 aliphatic heterocycles. The minimum absolute atomic E-state index is 0.0400. The Balaban J connectivity index is 1.28. The fourth-order valence-electron chi connectivity index (χ4n) is 3.93. The lowest BCUT2D eigenvalue weighted by atomic mass is 10.1. The number of anilines is 1. The van der Waals surface area contributed by atoms with Crippen LogP contribution in [0.4, 0.5) is 10.5 Å². The Hall–Kier alpha value is -2.91. The van der Waals surface area contributed by atoms with E-state index in [1.54, 1.807) is 6.07 Å². The highest BCUT2D eigenvalue weighted by Gasteiger charge is 2.24.